The maximum Gasteiger partial charge on any atom is 0.135 e. The molecule has 1 aromatic heterocycles. The molecule has 0 bridgehead atoms. The molecule has 1 aromatic carbocycles. The van der Waals surface area contributed by atoms with Gasteiger partial charge in [0, 0.05) is 17.4 Å². The van der Waals surface area contributed by atoms with Crippen LogP contribution in [-0.4, -0.2) is 10.1 Å². The second-order valence-corrected chi connectivity index (χ2v) is 3.48. The van der Waals surface area contributed by atoms with Crippen LogP contribution < -0.4 is 5.32 Å². The van der Waals surface area contributed by atoms with Crippen molar-refractivity contribution >= 4 is 11.5 Å². The van der Waals surface area contributed by atoms with Crippen molar-refractivity contribution < 1.29 is 5.11 Å². The van der Waals surface area contributed by atoms with Crippen molar-refractivity contribution in [1.29, 1.82) is 5.26 Å². The lowest BCUT2D eigenvalue weighted by atomic mass is 10.2. The minimum atomic E-state index is -0.0630. The SMILES string of the molecule is N#Cc1ccc(Nc2ncccc2CO)cc1. The van der Waals surface area contributed by atoms with Gasteiger partial charge in [-0.1, -0.05) is 6.07 Å². The van der Waals surface area contributed by atoms with E-state index in [9.17, 15) is 0 Å². The van der Waals surface area contributed by atoms with Gasteiger partial charge >= 0.3 is 0 Å². The molecule has 4 nitrogen and oxygen atoms in total. The number of nitriles is 1. The third-order valence-corrected chi connectivity index (χ3v) is 2.34. The average molecular weight is 225 g/mol. The van der Waals surface area contributed by atoms with Crippen LogP contribution in [0.3, 0.4) is 0 Å². The van der Waals surface area contributed by atoms with Gasteiger partial charge in [-0.05, 0) is 30.3 Å². The fraction of sp³-hybridized carbons (Fsp3) is 0.0769. The predicted molar refractivity (Wildman–Crippen MR) is 64.6 cm³/mol. The molecule has 0 unspecified atom stereocenters. The zero-order valence-electron chi connectivity index (χ0n) is 9.09. The van der Waals surface area contributed by atoms with E-state index in [2.05, 4.69) is 16.4 Å². The first-order valence-electron chi connectivity index (χ1n) is 5.15. The number of aromatic nitrogens is 1. The number of aliphatic hydroxyl groups is 1. The largest absolute Gasteiger partial charge is 0.392 e. The van der Waals surface area contributed by atoms with Crippen LogP contribution in [0, 0.1) is 11.3 Å². The summed E-state index contributed by atoms with van der Waals surface area (Å²) in [5, 5.41) is 20.9. The number of nitrogens with zero attached hydrogens (tertiary/aromatic N) is 2. The summed E-state index contributed by atoms with van der Waals surface area (Å²) in [6, 6.07) is 12.7. The molecule has 0 saturated heterocycles. The molecular weight excluding hydrogens is 214 g/mol. The second kappa shape index (κ2) is 5.10. The quantitative estimate of drug-likeness (QED) is 0.840. The zero-order chi connectivity index (χ0) is 12.1. The van der Waals surface area contributed by atoms with Gasteiger partial charge in [-0.3, -0.25) is 0 Å². The summed E-state index contributed by atoms with van der Waals surface area (Å²) in [6.45, 7) is -0.0630. The highest BCUT2D eigenvalue weighted by atomic mass is 16.3. The Labute approximate surface area is 99.2 Å². The topological polar surface area (TPSA) is 68.9 Å². The van der Waals surface area contributed by atoms with Crippen LogP contribution in [0.4, 0.5) is 11.5 Å². The Morgan fingerprint density at radius 3 is 2.65 bits per heavy atom. The number of rotatable bonds is 3. The van der Waals surface area contributed by atoms with Crippen LogP contribution in [0.15, 0.2) is 42.6 Å². The van der Waals surface area contributed by atoms with Crippen molar-refractivity contribution in [1.82, 2.24) is 4.98 Å². The fourth-order valence-electron chi connectivity index (χ4n) is 1.44. The molecule has 0 aliphatic carbocycles. The molecule has 0 spiro atoms. The van der Waals surface area contributed by atoms with Gasteiger partial charge in [0.1, 0.15) is 5.82 Å². The van der Waals surface area contributed by atoms with Crippen LogP contribution in [0.2, 0.25) is 0 Å². The van der Waals surface area contributed by atoms with Crippen molar-refractivity contribution in [3.63, 3.8) is 0 Å². The third-order valence-electron chi connectivity index (χ3n) is 2.34. The molecule has 84 valence electrons. The van der Waals surface area contributed by atoms with Crippen LogP contribution in [0.5, 0.6) is 0 Å². The first kappa shape index (κ1) is 11.1. The molecular formula is C13H11N3O. The first-order chi connectivity index (χ1) is 8.33. The van der Waals surface area contributed by atoms with E-state index >= 15 is 0 Å². The van der Waals surface area contributed by atoms with E-state index in [1.807, 2.05) is 0 Å². The number of pyridine rings is 1. The zero-order valence-corrected chi connectivity index (χ0v) is 9.09. The van der Waals surface area contributed by atoms with Crippen molar-refractivity contribution in [2.24, 2.45) is 0 Å². The predicted octanol–water partition coefficient (Wildman–Crippen LogP) is 2.19. The summed E-state index contributed by atoms with van der Waals surface area (Å²) in [7, 11) is 0. The molecule has 2 N–H and O–H groups in total. The van der Waals surface area contributed by atoms with Crippen LogP contribution >= 0.6 is 0 Å². The molecule has 4 heteroatoms. The molecule has 2 rings (SSSR count). The number of anilines is 2. The van der Waals surface area contributed by atoms with E-state index < -0.39 is 0 Å². The van der Waals surface area contributed by atoms with Crippen molar-refractivity contribution in [3.8, 4) is 6.07 Å². The molecule has 0 radical (unpaired) electrons. The Balaban J connectivity index is 2.22. The smallest absolute Gasteiger partial charge is 0.135 e. The molecule has 0 amide bonds. The summed E-state index contributed by atoms with van der Waals surface area (Å²) in [4.78, 5) is 4.15. The van der Waals surface area contributed by atoms with Crippen molar-refractivity contribution in [2.45, 2.75) is 6.61 Å². The highest BCUT2D eigenvalue weighted by Crippen LogP contribution is 2.18. The summed E-state index contributed by atoms with van der Waals surface area (Å²) in [5.74, 6) is 0.625. The Morgan fingerprint density at radius 2 is 2.00 bits per heavy atom. The number of benzene rings is 1. The maximum absolute atomic E-state index is 9.16. The third kappa shape index (κ3) is 2.60. The van der Waals surface area contributed by atoms with Gasteiger partial charge in [0.15, 0.2) is 0 Å². The summed E-state index contributed by atoms with van der Waals surface area (Å²) in [6.07, 6.45) is 1.66. The molecule has 17 heavy (non-hydrogen) atoms. The Kier molecular flexibility index (Phi) is 3.34. The average Bonchev–Trinajstić information content (AvgIpc) is 2.40. The number of hydrogen-bond donors (Lipinski definition) is 2. The number of nitrogens with one attached hydrogen (secondary N) is 1. The first-order valence-corrected chi connectivity index (χ1v) is 5.15. The second-order valence-electron chi connectivity index (χ2n) is 3.48. The van der Waals surface area contributed by atoms with E-state index in [-0.39, 0.29) is 6.61 Å². The molecule has 0 atom stereocenters. The Morgan fingerprint density at radius 1 is 1.24 bits per heavy atom. The Bertz CT molecular complexity index is 543. The van der Waals surface area contributed by atoms with E-state index in [4.69, 9.17) is 10.4 Å². The molecule has 2 aromatic rings. The monoisotopic (exact) mass is 225 g/mol. The molecule has 0 fully saturated rings. The highest BCUT2D eigenvalue weighted by Gasteiger charge is 2.02. The molecule has 0 aliphatic rings. The standard InChI is InChI=1S/C13H11N3O/c14-8-10-3-5-12(6-4-10)16-13-11(9-17)2-1-7-15-13/h1-7,17H,9H2,(H,15,16). The van der Waals surface area contributed by atoms with Gasteiger partial charge in [-0.15, -0.1) is 0 Å². The van der Waals surface area contributed by atoms with E-state index in [0.717, 1.165) is 11.3 Å². The van der Waals surface area contributed by atoms with Crippen LogP contribution in [-0.2, 0) is 6.61 Å². The van der Waals surface area contributed by atoms with Crippen molar-refractivity contribution in [3.05, 3.63) is 53.7 Å². The molecule has 1 heterocycles. The van der Waals surface area contributed by atoms with Gasteiger partial charge in [-0.25, -0.2) is 4.98 Å². The summed E-state index contributed by atoms with van der Waals surface area (Å²) in [5.41, 5.74) is 2.17. The minimum absolute atomic E-state index is 0.0630. The molecule has 0 aliphatic heterocycles. The van der Waals surface area contributed by atoms with E-state index in [1.54, 1.807) is 42.6 Å². The summed E-state index contributed by atoms with van der Waals surface area (Å²) >= 11 is 0. The van der Waals surface area contributed by atoms with Gasteiger partial charge in [-0.2, -0.15) is 5.26 Å². The van der Waals surface area contributed by atoms with E-state index in [1.165, 1.54) is 0 Å². The Hall–Kier alpha value is -2.38. The fourth-order valence-corrected chi connectivity index (χ4v) is 1.44. The van der Waals surface area contributed by atoms with Gasteiger partial charge in [0.05, 0.1) is 18.2 Å². The van der Waals surface area contributed by atoms with E-state index in [0.29, 0.717) is 11.4 Å². The lowest BCUT2D eigenvalue weighted by Gasteiger charge is -2.08. The lowest BCUT2D eigenvalue weighted by molar-refractivity contribution is 0.282. The van der Waals surface area contributed by atoms with Crippen LogP contribution in [0.25, 0.3) is 0 Å². The van der Waals surface area contributed by atoms with Gasteiger partial charge in [0.25, 0.3) is 0 Å². The van der Waals surface area contributed by atoms with Crippen molar-refractivity contribution in [2.75, 3.05) is 5.32 Å². The maximum atomic E-state index is 9.16. The minimum Gasteiger partial charge on any atom is -0.392 e. The van der Waals surface area contributed by atoms with Gasteiger partial charge < -0.3 is 10.4 Å². The summed E-state index contributed by atoms with van der Waals surface area (Å²) < 4.78 is 0. The number of hydrogen-bond acceptors (Lipinski definition) is 4. The van der Waals surface area contributed by atoms with Gasteiger partial charge in [0.2, 0.25) is 0 Å². The highest BCUT2D eigenvalue weighted by molar-refractivity contribution is 5.59. The number of aliphatic hydroxyl groups excluding tert-OH is 1. The lowest BCUT2D eigenvalue weighted by Crippen LogP contribution is -1.98. The normalized spacial score (nSPS) is 9.65. The molecule has 0 saturated carbocycles. The van der Waals surface area contributed by atoms with Crippen LogP contribution in [0.1, 0.15) is 11.1 Å².